The van der Waals surface area contributed by atoms with Gasteiger partial charge in [0, 0.05) is 0 Å². The van der Waals surface area contributed by atoms with Crippen molar-refractivity contribution in [2.45, 2.75) is 44.6 Å². The first-order valence-electron chi connectivity index (χ1n) is 4.15. The van der Waals surface area contributed by atoms with Crippen molar-refractivity contribution in [3.63, 3.8) is 0 Å². The molecule has 0 bridgehead atoms. The zero-order valence-electron chi connectivity index (χ0n) is 6.51. The van der Waals surface area contributed by atoms with Crippen molar-refractivity contribution in [1.82, 2.24) is 0 Å². The van der Waals surface area contributed by atoms with Crippen LogP contribution in [0.3, 0.4) is 0 Å². The molecule has 0 heterocycles. The normalized spacial score (nSPS) is 20.8. The monoisotopic (exact) mass is 160 g/mol. The lowest BCUT2D eigenvalue weighted by molar-refractivity contribution is 0.0683. The number of rotatable bonds is 1. The van der Waals surface area contributed by atoms with Crippen LogP contribution in [0.2, 0.25) is 0 Å². The highest BCUT2D eigenvalue weighted by atomic mass is 19.1. The van der Waals surface area contributed by atoms with E-state index in [1.165, 1.54) is 12.8 Å². The van der Waals surface area contributed by atoms with Crippen LogP contribution in [0.1, 0.15) is 38.5 Å². The van der Waals surface area contributed by atoms with E-state index in [0.717, 1.165) is 25.7 Å². The van der Waals surface area contributed by atoms with Crippen LogP contribution in [0.25, 0.3) is 0 Å². The first-order chi connectivity index (χ1) is 5.29. The molecule has 0 radical (unpaired) electrons. The maximum absolute atomic E-state index is 11.8. The van der Waals surface area contributed by atoms with Crippen LogP contribution in [0.15, 0.2) is 0 Å². The van der Waals surface area contributed by atoms with Gasteiger partial charge < -0.3 is 4.74 Å². The molecular weight excluding hydrogens is 147 g/mol. The molecule has 0 N–H and O–H groups in total. The Balaban J connectivity index is 2.25. The van der Waals surface area contributed by atoms with E-state index in [-0.39, 0.29) is 6.10 Å². The van der Waals surface area contributed by atoms with Crippen LogP contribution >= 0.6 is 0 Å². The van der Waals surface area contributed by atoms with Crippen molar-refractivity contribution >= 4 is 6.22 Å². The third kappa shape index (κ3) is 3.35. The van der Waals surface area contributed by atoms with Crippen LogP contribution < -0.4 is 0 Å². The fourth-order valence-corrected chi connectivity index (χ4v) is 1.49. The zero-order valence-corrected chi connectivity index (χ0v) is 6.51. The van der Waals surface area contributed by atoms with Gasteiger partial charge in [0.1, 0.15) is 6.10 Å². The van der Waals surface area contributed by atoms with Crippen molar-refractivity contribution in [2.24, 2.45) is 0 Å². The van der Waals surface area contributed by atoms with Crippen molar-refractivity contribution in [3.8, 4) is 0 Å². The molecule has 0 amide bonds. The van der Waals surface area contributed by atoms with Gasteiger partial charge in [-0.2, -0.15) is 0 Å². The summed E-state index contributed by atoms with van der Waals surface area (Å²) in [7, 11) is 0. The molecule has 1 aliphatic carbocycles. The lowest BCUT2D eigenvalue weighted by Crippen LogP contribution is -2.13. The molecule has 11 heavy (non-hydrogen) atoms. The maximum Gasteiger partial charge on any atom is 0.495 e. The molecule has 2 nitrogen and oxygen atoms in total. The van der Waals surface area contributed by atoms with Gasteiger partial charge in [-0.1, -0.05) is 12.8 Å². The Hall–Kier alpha value is -0.600. The highest BCUT2D eigenvalue weighted by Crippen LogP contribution is 2.19. The van der Waals surface area contributed by atoms with Gasteiger partial charge in [-0.15, -0.1) is 4.39 Å². The van der Waals surface area contributed by atoms with Crippen LogP contribution in [0.5, 0.6) is 0 Å². The van der Waals surface area contributed by atoms with E-state index < -0.39 is 6.22 Å². The van der Waals surface area contributed by atoms with Crippen LogP contribution in [0, 0.1) is 0 Å². The number of ether oxygens (including phenoxy) is 1. The lowest BCUT2D eigenvalue weighted by atomic mass is 10.2. The van der Waals surface area contributed by atoms with E-state index in [1.807, 2.05) is 0 Å². The number of hydrogen-bond acceptors (Lipinski definition) is 2. The second kappa shape index (κ2) is 4.31. The molecule has 0 atom stereocenters. The van der Waals surface area contributed by atoms with E-state index >= 15 is 0 Å². The van der Waals surface area contributed by atoms with Gasteiger partial charge in [0.15, 0.2) is 0 Å². The van der Waals surface area contributed by atoms with Gasteiger partial charge in [0.05, 0.1) is 0 Å². The third-order valence-electron chi connectivity index (χ3n) is 2.06. The molecule has 0 saturated heterocycles. The Bertz CT molecular complexity index is 128. The second-order valence-corrected chi connectivity index (χ2v) is 2.97. The van der Waals surface area contributed by atoms with E-state index in [0.29, 0.717) is 0 Å². The Labute approximate surface area is 65.7 Å². The predicted molar refractivity (Wildman–Crippen MR) is 39.1 cm³/mol. The van der Waals surface area contributed by atoms with E-state index in [9.17, 15) is 9.18 Å². The fourth-order valence-electron chi connectivity index (χ4n) is 1.49. The summed E-state index contributed by atoms with van der Waals surface area (Å²) >= 11 is 0. The summed E-state index contributed by atoms with van der Waals surface area (Å²) in [6, 6.07) is 0. The summed E-state index contributed by atoms with van der Waals surface area (Å²) in [4.78, 5) is 9.94. The maximum atomic E-state index is 11.8. The molecule has 64 valence electrons. The van der Waals surface area contributed by atoms with Gasteiger partial charge in [-0.25, -0.2) is 4.79 Å². The Morgan fingerprint density at radius 1 is 1.18 bits per heavy atom. The highest BCUT2D eigenvalue weighted by molar-refractivity contribution is 5.58. The van der Waals surface area contributed by atoms with Gasteiger partial charge in [0.25, 0.3) is 0 Å². The van der Waals surface area contributed by atoms with E-state index in [1.54, 1.807) is 0 Å². The lowest BCUT2D eigenvalue weighted by Gasteiger charge is -2.11. The predicted octanol–water partition coefficient (Wildman–Crippen LogP) is 2.82. The molecule has 0 aromatic carbocycles. The minimum Gasteiger partial charge on any atom is -0.437 e. The third-order valence-corrected chi connectivity index (χ3v) is 2.06. The van der Waals surface area contributed by atoms with Crippen LogP contribution in [0.4, 0.5) is 9.18 Å². The van der Waals surface area contributed by atoms with Gasteiger partial charge >= 0.3 is 6.22 Å². The van der Waals surface area contributed by atoms with Crippen molar-refractivity contribution in [1.29, 1.82) is 0 Å². The average molecular weight is 160 g/mol. The molecule has 0 aromatic heterocycles. The van der Waals surface area contributed by atoms with Crippen molar-refractivity contribution in [3.05, 3.63) is 0 Å². The minimum atomic E-state index is -1.63. The van der Waals surface area contributed by atoms with E-state index in [4.69, 9.17) is 0 Å². The number of carbonyl (C=O) groups excluding carboxylic acids is 1. The summed E-state index contributed by atoms with van der Waals surface area (Å²) in [6.45, 7) is 0. The molecule has 0 spiro atoms. The first kappa shape index (κ1) is 8.50. The minimum absolute atomic E-state index is 0.157. The quantitative estimate of drug-likeness (QED) is 0.435. The number of carbonyl (C=O) groups is 1. The first-order valence-corrected chi connectivity index (χ1v) is 4.15. The van der Waals surface area contributed by atoms with Gasteiger partial charge in [-0.05, 0) is 25.7 Å². The fraction of sp³-hybridized carbons (Fsp3) is 0.875. The standard InChI is InChI=1S/C8H13FO2/c9-8(10)11-7-5-3-1-2-4-6-7/h7H,1-6H2. The Morgan fingerprint density at radius 2 is 1.73 bits per heavy atom. The Kier molecular flexibility index (Phi) is 3.33. The average Bonchev–Trinajstić information content (AvgIpc) is 2.14. The summed E-state index contributed by atoms with van der Waals surface area (Å²) in [6.07, 6.45) is 4.34. The van der Waals surface area contributed by atoms with Crippen molar-refractivity contribution < 1.29 is 13.9 Å². The second-order valence-electron chi connectivity index (χ2n) is 2.97. The summed E-state index contributed by atoms with van der Waals surface area (Å²) in [5, 5.41) is 0. The molecule has 3 heteroatoms. The molecule has 0 aliphatic heterocycles. The SMILES string of the molecule is O=C(F)OC1CCCCCC1. The largest absolute Gasteiger partial charge is 0.495 e. The summed E-state index contributed by atoms with van der Waals surface area (Å²) in [5.74, 6) is 0. The zero-order chi connectivity index (χ0) is 8.10. The molecule has 1 aliphatic rings. The molecule has 1 rings (SSSR count). The smallest absolute Gasteiger partial charge is 0.437 e. The van der Waals surface area contributed by atoms with Crippen LogP contribution in [-0.2, 0) is 4.74 Å². The number of hydrogen-bond donors (Lipinski definition) is 0. The van der Waals surface area contributed by atoms with Gasteiger partial charge in [0.2, 0.25) is 0 Å². The molecular formula is C8H13FO2. The number of halogens is 1. The molecule has 1 saturated carbocycles. The highest BCUT2D eigenvalue weighted by Gasteiger charge is 2.15. The Morgan fingerprint density at radius 3 is 2.18 bits per heavy atom. The van der Waals surface area contributed by atoms with Gasteiger partial charge in [-0.3, -0.25) is 0 Å². The summed E-state index contributed by atoms with van der Waals surface area (Å²) < 4.78 is 16.2. The summed E-state index contributed by atoms with van der Waals surface area (Å²) in [5.41, 5.74) is 0. The van der Waals surface area contributed by atoms with E-state index in [2.05, 4.69) is 4.74 Å². The molecule has 0 aromatic rings. The molecule has 1 fully saturated rings. The topological polar surface area (TPSA) is 26.3 Å². The van der Waals surface area contributed by atoms with Crippen LogP contribution in [-0.4, -0.2) is 12.3 Å². The molecule has 0 unspecified atom stereocenters. The van der Waals surface area contributed by atoms with Crippen molar-refractivity contribution in [2.75, 3.05) is 0 Å².